The second-order valence-corrected chi connectivity index (χ2v) is 11.4. The van der Waals surface area contributed by atoms with Crippen molar-refractivity contribution in [3.8, 4) is 11.5 Å². The molecule has 1 aromatic carbocycles. The molecule has 0 unspecified atom stereocenters. The number of carbonyl (C=O) groups is 3. The third-order valence-corrected chi connectivity index (χ3v) is 9.21. The van der Waals surface area contributed by atoms with E-state index < -0.39 is 58.0 Å². The molecule has 0 bridgehead atoms. The molecule has 40 heavy (non-hydrogen) atoms. The van der Waals surface area contributed by atoms with Crippen LogP contribution in [-0.4, -0.2) is 74.6 Å². The molecule has 11 nitrogen and oxygen atoms in total. The van der Waals surface area contributed by atoms with E-state index in [1.807, 2.05) is 0 Å². The highest BCUT2D eigenvalue weighted by Crippen LogP contribution is 2.53. The number of nitrogens with zero attached hydrogens (tertiary/aromatic N) is 1. The van der Waals surface area contributed by atoms with E-state index in [-0.39, 0.29) is 35.8 Å². The number of nitrogens with two attached hydrogens (primary N) is 2. The monoisotopic (exact) mass is 555 g/mol. The maximum atomic E-state index is 13.9. The van der Waals surface area contributed by atoms with Crippen molar-refractivity contribution in [1.29, 1.82) is 0 Å². The number of phenolic OH excluding ortho intramolecular Hbond substituents is 1. The zero-order valence-corrected chi connectivity index (χ0v) is 22.8. The fourth-order valence-corrected chi connectivity index (χ4v) is 7.29. The van der Waals surface area contributed by atoms with Crippen molar-refractivity contribution in [1.82, 2.24) is 4.90 Å². The minimum Gasteiger partial charge on any atom is -0.510 e. The van der Waals surface area contributed by atoms with Gasteiger partial charge in [0, 0.05) is 28.7 Å². The third-order valence-electron chi connectivity index (χ3n) is 9.21. The number of ketones is 2. The highest BCUT2D eigenvalue weighted by molar-refractivity contribution is 6.24. The van der Waals surface area contributed by atoms with E-state index in [2.05, 4.69) is 11.8 Å². The average Bonchev–Trinajstić information content (AvgIpc) is 3.37. The first-order valence-corrected chi connectivity index (χ1v) is 13.9. The minimum absolute atomic E-state index is 0.0126. The second-order valence-electron chi connectivity index (χ2n) is 11.4. The van der Waals surface area contributed by atoms with Gasteiger partial charge in [-0.05, 0) is 57.2 Å². The van der Waals surface area contributed by atoms with Gasteiger partial charge in [0.1, 0.15) is 28.6 Å². The van der Waals surface area contributed by atoms with Crippen molar-refractivity contribution in [2.45, 2.75) is 69.6 Å². The molecule has 3 aliphatic carbocycles. The highest BCUT2D eigenvalue weighted by atomic mass is 16.5. The van der Waals surface area contributed by atoms with Gasteiger partial charge in [-0.15, -0.1) is 0 Å². The molecule has 1 fully saturated rings. The molecule has 216 valence electrons. The number of benzene rings is 1. The first kappa shape index (κ1) is 28.1. The van der Waals surface area contributed by atoms with Gasteiger partial charge in [0.2, 0.25) is 5.78 Å². The van der Waals surface area contributed by atoms with Gasteiger partial charge in [-0.2, -0.15) is 0 Å². The Kier molecular flexibility index (Phi) is 7.18. The van der Waals surface area contributed by atoms with Crippen LogP contribution in [0.1, 0.15) is 73.0 Å². The Hall–Kier alpha value is -3.41. The molecular formula is C29H37N3O8. The molecule has 11 heteroatoms. The van der Waals surface area contributed by atoms with Crippen LogP contribution in [0.4, 0.5) is 0 Å². The fraction of sp³-hybridized carbons (Fsp3) is 0.552. The summed E-state index contributed by atoms with van der Waals surface area (Å²) >= 11 is 0. The van der Waals surface area contributed by atoms with Crippen LogP contribution >= 0.6 is 0 Å². The number of hydrogen-bond acceptors (Lipinski definition) is 10. The van der Waals surface area contributed by atoms with Crippen LogP contribution in [-0.2, 0) is 16.0 Å². The minimum atomic E-state index is -2.72. The third kappa shape index (κ3) is 3.93. The Morgan fingerprint density at radius 2 is 1.95 bits per heavy atom. The fourth-order valence-electron chi connectivity index (χ4n) is 7.29. The van der Waals surface area contributed by atoms with E-state index in [1.54, 1.807) is 6.07 Å². The van der Waals surface area contributed by atoms with Gasteiger partial charge in [-0.1, -0.05) is 19.8 Å². The summed E-state index contributed by atoms with van der Waals surface area (Å²) in [6, 6.07) is 0.172. The van der Waals surface area contributed by atoms with Gasteiger partial charge in [-0.25, -0.2) is 0 Å². The number of allylic oxidation sites excluding steroid dienone is 1. The summed E-state index contributed by atoms with van der Waals surface area (Å²) in [6.07, 6.45) is 5.27. The lowest BCUT2D eigenvalue weighted by molar-refractivity contribution is -0.145. The lowest BCUT2D eigenvalue weighted by atomic mass is 9.59. The quantitative estimate of drug-likeness (QED) is 0.213. The number of unbranched alkanes of at least 4 members (excludes halogenated alkanes) is 2. The van der Waals surface area contributed by atoms with Crippen molar-refractivity contribution in [3.05, 3.63) is 45.4 Å². The van der Waals surface area contributed by atoms with E-state index in [4.69, 9.17) is 16.2 Å². The normalized spacial score (nSPS) is 30.3. The Morgan fingerprint density at radius 1 is 1.23 bits per heavy atom. The molecule has 0 spiro atoms. The molecule has 1 saturated heterocycles. The molecule has 0 saturated carbocycles. The molecule has 1 aromatic rings. The van der Waals surface area contributed by atoms with Gasteiger partial charge in [-0.3, -0.25) is 19.3 Å². The van der Waals surface area contributed by atoms with Crippen LogP contribution in [0.15, 0.2) is 28.7 Å². The van der Waals surface area contributed by atoms with Crippen LogP contribution in [0, 0.1) is 11.8 Å². The van der Waals surface area contributed by atoms with E-state index in [1.165, 1.54) is 7.11 Å². The number of amides is 1. The van der Waals surface area contributed by atoms with Crippen molar-refractivity contribution in [2.24, 2.45) is 23.3 Å². The zero-order valence-electron chi connectivity index (χ0n) is 22.8. The lowest BCUT2D eigenvalue weighted by Gasteiger charge is -2.47. The number of ether oxygens (including phenoxy) is 1. The zero-order chi connectivity index (χ0) is 29.1. The number of aliphatic hydroxyl groups excluding tert-OH is 2. The number of primary amides is 1. The Bertz CT molecular complexity index is 1350. The van der Waals surface area contributed by atoms with Crippen molar-refractivity contribution < 1.29 is 39.5 Å². The predicted octanol–water partition coefficient (Wildman–Crippen LogP) is 1.85. The molecule has 4 aliphatic rings. The number of aromatic hydroxyl groups is 1. The van der Waals surface area contributed by atoms with Crippen LogP contribution in [0.5, 0.6) is 11.5 Å². The molecule has 1 heterocycles. The van der Waals surface area contributed by atoms with Gasteiger partial charge in [0.25, 0.3) is 5.91 Å². The Morgan fingerprint density at radius 3 is 2.60 bits per heavy atom. The smallest absolute Gasteiger partial charge is 0.255 e. The molecule has 5 atom stereocenters. The molecule has 1 aliphatic heterocycles. The van der Waals surface area contributed by atoms with E-state index in [0.717, 1.165) is 50.8 Å². The standard InChI is InChI=1S/C29H37N3O8/c1-3-4-5-8-32-9-6-7-17(32)14-12-18(33)20-15(25(14)40-2)10-13-11-16-22(30)24(35)21(28(31)38)27(37)29(16,39)26(36)19(13)23(20)34/h12-13,16-17,22,33,35-36,39H,3-11,30H2,1-2H3,(H2,31,38)/t13-,16-,17-,22-,29-/m0/s1. The van der Waals surface area contributed by atoms with Crippen molar-refractivity contribution in [2.75, 3.05) is 20.2 Å². The summed E-state index contributed by atoms with van der Waals surface area (Å²) in [5.74, 6) is -6.75. The van der Waals surface area contributed by atoms with Gasteiger partial charge in [0.15, 0.2) is 11.4 Å². The van der Waals surface area contributed by atoms with E-state index in [0.29, 0.717) is 11.3 Å². The van der Waals surface area contributed by atoms with Crippen molar-refractivity contribution >= 4 is 17.5 Å². The summed E-state index contributed by atoms with van der Waals surface area (Å²) in [4.78, 5) is 41.3. The molecule has 0 radical (unpaired) electrons. The number of aliphatic hydroxyl groups is 3. The van der Waals surface area contributed by atoms with Gasteiger partial charge in [0.05, 0.1) is 18.7 Å². The summed E-state index contributed by atoms with van der Waals surface area (Å²) in [7, 11) is 1.52. The molecule has 5 rings (SSSR count). The maximum absolute atomic E-state index is 13.9. The number of Topliss-reactive ketones (excluding diaryl/α,β-unsaturated/α-hetero) is 2. The number of hydrogen-bond donors (Lipinski definition) is 6. The summed E-state index contributed by atoms with van der Waals surface area (Å²) in [5.41, 5.74) is 8.78. The van der Waals surface area contributed by atoms with E-state index in [9.17, 15) is 34.8 Å². The Balaban J connectivity index is 1.61. The van der Waals surface area contributed by atoms with Gasteiger partial charge < -0.3 is 36.6 Å². The molecule has 0 aromatic heterocycles. The van der Waals surface area contributed by atoms with Crippen LogP contribution < -0.4 is 16.2 Å². The maximum Gasteiger partial charge on any atom is 0.255 e. The summed E-state index contributed by atoms with van der Waals surface area (Å²) < 4.78 is 5.87. The van der Waals surface area contributed by atoms with Crippen molar-refractivity contribution in [3.63, 3.8) is 0 Å². The van der Waals surface area contributed by atoms with Gasteiger partial charge >= 0.3 is 0 Å². The van der Waals surface area contributed by atoms with E-state index >= 15 is 0 Å². The number of methoxy groups -OCH3 is 1. The summed E-state index contributed by atoms with van der Waals surface area (Å²) in [6.45, 7) is 3.99. The molecule has 8 N–H and O–H groups in total. The first-order chi connectivity index (χ1) is 19.0. The van der Waals surface area contributed by atoms with Crippen LogP contribution in [0.3, 0.4) is 0 Å². The molecule has 1 amide bonds. The Labute approximate surface area is 232 Å². The first-order valence-electron chi connectivity index (χ1n) is 13.9. The largest absolute Gasteiger partial charge is 0.510 e. The topological polar surface area (TPSA) is 197 Å². The predicted molar refractivity (Wildman–Crippen MR) is 144 cm³/mol. The van der Waals surface area contributed by atoms with Crippen LogP contribution in [0.2, 0.25) is 0 Å². The average molecular weight is 556 g/mol. The molecular weight excluding hydrogens is 518 g/mol. The number of likely N-dealkylation sites (tertiary alicyclic amines) is 1. The van der Waals surface area contributed by atoms with Crippen LogP contribution in [0.25, 0.3) is 0 Å². The number of carbonyl (C=O) groups excluding carboxylic acids is 3. The number of fused-ring (bicyclic) bond motifs is 3. The number of rotatable bonds is 7. The lowest BCUT2D eigenvalue weighted by Crippen LogP contribution is -2.63. The highest BCUT2D eigenvalue weighted by Gasteiger charge is 2.62. The number of phenols is 1. The second kappa shape index (κ2) is 10.2. The summed E-state index contributed by atoms with van der Waals surface area (Å²) in [5, 5.41) is 44.4. The SMILES string of the molecule is CCCCCN1CCC[C@H]1c1cc(O)c2c(c1OC)C[C@H]1C[C@H]3[C@H](N)C(O)=C(C(N)=O)C(=O)[C@@]3(O)C(O)=C1C2=O.